The van der Waals surface area contributed by atoms with E-state index >= 15 is 0 Å². The number of hydrogen-bond donors (Lipinski definition) is 1. The number of nitrogens with zero attached hydrogens (tertiary/aromatic N) is 1. The molecule has 0 bridgehead atoms. The Balaban J connectivity index is 5.13. The molecule has 0 aliphatic heterocycles. The molecular weight excluding hydrogens is 1070 g/mol. The molecule has 0 aromatic rings. The topological polar surface area (TPSA) is 114 Å². The monoisotopic (exact) mass is 1210 g/mol. The molecule has 1 N–H and O–H groups in total. The Hall–Kier alpha value is -2.81. The van der Waals surface area contributed by atoms with Gasteiger partial charge in [-0.15, -0.1) is 0 Å². The molecule has 3 unspecified atom stereocenters. The summed E-state index contributed by atoms with van der Waals surface area (Å²) in [5, 5.41) is 3.04. The molecular formula is C75H137N2O7P. The molecule has 0 rings (SSSR count). The number of esters is 1. The Morgan fingerprint density at radius 2 is 0.718 bits per heavy atom. The second-order valence-corrected chi connectivity index (χ2v) is 26.8. The first kappa shape index (κ1) is 82.2. The lowest BCUT2D eigenvalue weighted by Crippen LogP contribution is -2.47. The first-order chi connectivity index (χ1) is 41.4. The van der Waals surface area contributed by atoms with Crippen molar-refractivity contribution in [2.75, 3.05) is 40.9 Å². The third-order valence-electron chi connectivity index (χ3n) is 15.8. The van der Waals surface area contributed by atoms with E-state index in [4.69, 9.17) is 13.8 Å². The molecule has 1 amide bonds. The zero-order chi connectivity index (χ0) is 62.1. The molecule has 0 saturated heterocycles. The Morgan fingerprint density at radius 3 is 1.09 bits per heavy atom. The van der Waals surface area contributed by atoms with Crippen molar-refractivity contribution >= 4 is 19.7 Å². The summed E-state index contributed by atoms with van der Waals surface area (Å²) in [6, 6.07) is -0.901. The van der Waals surface area contributed by atoms with Crippen LogP contribution < -0.4 is 10.2 Å². The lowest BCUT2D eigenvalue weighted by atomic mass is 10.0. The van der Waals surface area contributed by atoms with Crippen LogP contribution in [0.3, 0.4) is 0 Å². The van der Waals surface area contributed by atoms with Crippen LogP contribution in [0.1, 0.15) is 329 Å². The summed E-state index contributed by atoms with van der Waals surface area (Å²) < 4.78 is 30.5. The van der Waals surface area contributed by atoms with Gasteiger partial charge >= 0.3 is 5.97 Å². The average molecular weight is 1210 g/mol. The summed E-state index contributed by atoms with van der Waals surface area (Å²) in [6.45, 7) is 6.81. The standard InChI is InChI=1S/C75H137N2O7P/c1-7-10-13-16-19-22-25-28-30-32-34-36-37-38-39-41-42-44-46-49-52-55-58-61-64-67-74(78)76-72(71-83-85(80,81)82-70-69-77(4,5)6)73(66-63-60-57-54-51-48-27-24-21-18-15-12-9-3)84-75(79)68-65-62-59-56-53-50-47-45-43-40-35-33-31-29-26-23-20-17-14-11-8-2/h19-20,22-23,28-31,35,40,45,47,63,66,72-73H,7-18,21,24-27,32-34,36-39,41-44,46,48-62,64-65,67-71H2,1-6H3,(H-,76,78,80,81)/b22-19-,23-20-,30-28-,31-29-,40-35-,47-45-,66-63-. The van der Waals surface area contributed by atoms with Gasteiger partial charge in [-0.05, 0) is 109 Å². The minimum absolute atomic E-state index is 0.0277. The largest absolute Gasteiger partial charge is 0.756 e. The van der Waals surface area contributed by atoms with Crippen molar-refractivity contribution in [1.82, 2.24) is 5.32 Å². The summed E-state index contributed by atoms with van der Waals surface area (Å²) in [7, 11) is 1.17. The van der Waals surface area contributed by atoms with Crippen LogP contribution in [0.15, 0.2) is 85.1 Å². The number of carbonyl (C=O) groups excluding carboxylic acids is 2. The molecule has 494 valence electrons. The number of phosphoric acid groups is 1. The first-order valence-electron chi connectivity index (χ1n) is 35.9. The highest BCUT2D eigenvalue weighted by Gasteiger charge is 2.27. The van der Waals surface area contributed by atoms with Crippen LogP contribution in [0.4, 0.5) is 0 Å². The van der Waals surface area contributed by atoms with Gasteiger partial charge in [0.25, 0.3) is 7.82 Å². The van der Waals surface area contributed by atoms with Crippen molar-refractivity contribution in [3.63, 3.8) is 0 Å². The Morgan fingerprint density at radius 1 is 0.412 bits per heavy atom. The quantitative estimate of drug-likeness (QED) is 0.0212. The molecule has 0 aromatic heterocycles. The van der Waals surface area contributed by atoms with Crippen LogP contribution in [0, 0.1) is 0 Å². The van der Waals surface area contributed by atoms with E-state index in [0.29, 0.717) is 23.9 Å². The van der Waals surface area contributed by atoms with E-state index < -0.39 is 26.6 Å². The number of nitrogens with one attached hydrogen (secondary N) is 1. The summed E-state index contributed by atoms with van der Waals surface area (Å²) >= 11 is 0. The van der Waals surface area contributed by atoms with Crippen LogP contribution in [0.2, 0.25) is 0 Å². The van der Waals surface area contributed by atoms with E-state index in [1.165, 1.54) is 193 Å². The van der Waals surface area contributed by atoms with E-state index in [1.807, 2.05) is 33.3 Å². The highest BCUT2D eigenvalue weighted by atomic mass is 31.2. The van der Waals surface area contributed by atoms with Crippen LogP contribution >= 0.6 is 7.82 Å². The molecule has 85 heavy (non-hydrogen) atoms. The maximum absolute atomic E-state index is 13.6. The van der Waals surface area contributed by atoms with Crippen molar-refractivity contribution in [2.24, 2.45) is 0 Å². The van der Waals surface area contributed by atoms with Crippen LogP contribution in [0.5, 0.6) is 0 Å². The molecule has 0 spiro atoms. The molecule has 0 fully saturated rings. The van der Waals surface area contributed by atoms with Gasteiger partial charge in [-0.3, -0.25) is 14.2 Å². The zero-order valence-corrected chi connectivity index (χ0v) is 57.4. The Kier molecular flexibility index (Phi) is 62.1. The van der Waals surface area contributed by atoms with E-state index in [2.05, 4.69) is 99.0 Å². The predicted octanol–water partition coefficient (Wildman–Crippen LogP) is 22.3. The molecule has 0 aliphatic rings. The van der Waals surface area contributed by atoms with Crippen molar-refractivity contribution in [1.29, 1.82) is 0 Å². The number of rotatable bonds is 65. The minimum atomic E-state index is -4.71. The number of carbonyl (C=O) groups is 2. The van der Waals surface area contributed by atoms with Gasteiger partial charge in [0.15, 0.2) is 0 Å². The zero-order valence-electron chi connectivity index (χ0n) is 56.6. The predicted molar refractivity (Wildman–Crippen MR) is 367 cm³/mol. The first-order valence-corrected chi connectivity index (χ1v) is 37.4. The average Bonchev–Trinajstić information content (AvgIpc) is 3.48. The summed E-state index contributed by atoms with van der Waals surface area (Å²) in [6.07, 6.45) is 85.6. The third-order valence-corrected chi connectivity index (χ3v) is 16.8. The van der Waals surface area contributed by atoms with Crippen LogP contribution in [0.25, 0.3) is 0 Å². The van der Waals surface area contributed by atoms with Crippen molar-refractivity contribution in [2.45, 2.75) is 341 Å². The number of ether oxygens (including phenoxy) is 1. The molecule has 0 saturated carbocycles. The van der Waals surface area contributed by atoms with Crippen molar-refractivity contribution in [3.05, 3.63) is 85.1 Å². The van der Waals surface area contributed by atoms with E-state index in [0.717, 1.165) is 96.3 Å². The van der Waals surface area contributed by atoms with Gasteiger partial charge in [0, 0.05) is 12.8 Å². The van der Waals surface area contributed by atoms with Crippen molar-refractivity contribution in [3.8, 4) is 0 Å². The molecule has 0 radical (unpaired) electrons. The number of allylic oxidation sites excluding steroid dienone is 13. The second kappa shape index (κ2) is 64.2. The second-order valence-electron chi connectivity index (χ2n) is 25.4. The maximum Gasteiger partial charge on any atom is 0.306 e. The molecule has 0 aliphatic carbocycles. The molecule has 0 aromatic carbocycles. The van der Waals surface area contributed by atoms with Gasteiger partial charge in [0.2, 0.25) is 5.91 Å². The van der Waals surface area contributed by atoms with Crippen LogP contribution in [-0.4, -0.2) is 69.4 Å². The number of likely N-dealkylation sites (N-methyl/N-ethyl adjacent to an activating group) is 1. The molecule has 9 nitrogen and oxygen atoms in total. The van der Waals surface area contributed by atoms with E-state index in [-0.39, 0.29) is 24.9 Å². The Bertz CT molecular complexity index is 1730. The van der Waals surface area contributed by atoms with Gasteiger partial charge in [-0.2, -0.15) is 0 Å². The number of amides is 1. The minimum Gasteiger partial charge on any atom is -0.756 e. The molecule has 10 heteroatoms. The smallest absolute Gasteiger partial charge is 0.306 e. The highest BCUT2D eigenvalue weighted by Crippen LogP contribution is 2.38. The summed E-state index contributed by atoms with van der Waals surface area (Å²) in [5.41, 5.74) is 0. The Labute approximate surface area is 526 Å². The lowest BCUT2D eigenvalue weighted by molar-refractivity contribution is -0.870. The fraction of sp³-hybridized carbons (Fsp3) is 0.787. The number of unbranched alkanes of at least 4 members (excludes halogenated alkanes) is 37. The normalized spacial score (nSPS) is 14.0. The summed E-state index contributed by atoms with van der Waals surface area (Å²) in [5.74, 6) is -0.554. The number of quaternary nitrogens is 1. The fourth-order valence-corrected chi connectivity index (χ4v) is 11.0. The van der Waals surface area contributed by atoms with Gasteiger partial charge in [0.1, 0.15) is 19.3 Å². The van der Waals surface area contributed by atoms with Gasteiger partial charge < -0.3 is 28.5 Å². The third kappa shape index (κ3) is 65.5. The maximum atomic E-state index is 13.6. The van der Waals surface area contributed by atoms with E-state index in [9.17, 15) is 19.0 Å². The van der Waals surface area contributed by atoms with Gasteiger partial charge in [-0.25, -0.2) is 0 Å². The van der Waals surface area contributed by atoms with Gasteiger partial charge in [-0.1, -0.05) is 292 Å². The lowest BCUT2D eigenvalue weighted by Gasteiger charge is -2.30. The van der Waals surface area contributed by atoms with Crippen LogP contribution in [-0.2, 0) is 27.9 Å². The fourth-order valence-electron chi connectivity index (χ4n) is 10.2. The van der Waals surface area contributed by atoms with E-state index in [1.54, 1.807) is 0 Å². The highest BCUT2D eigenvalue weighted by molar-refractivity contribution is 7.45. The summed E-state index contributed by atoms with van der Waals surface area (Å²) in [4.78, 5) is 40.2. The SMILES string of the molecule is CCCCC/C=C\C/C=C\C/C=C\C/C=C\CCCCCCCC(=O)OC(/C=C\CCCCCCCCCCCCC)C(COP(=O)([O-])OCC[N+](C)(C)C)NC(=O)CCCCCCCCCCCCCCCCC/C=C\C/C=C\CCCCC. The number of hydrogen-bond acceptors (Lipinski definition) is 7. The van der Waals surface area contributed by atoms with Gasteiger partial charge in [0.05, 0.1) is 33.8 Å². The molecule has 3 atom stereocenters. The molecule has 0 heterocycles. The number of phosphoric ester groups is 1. The van der Waals surface area contributed by atoms with Crippen molar-refractivity contribution < 1.29 is 37.3 Å².